The standard InChI is InChI=1S/C15H19N3O2/c1-15(2,14(19)20)11-16-10-12-8-9-18(17-12)13-6-4-3-5-7-13/h3-9,16H,10-11H2,1-2H3,(H,19,20). The SMILES string of the molecule is CC(C)(CNCc1ccn(-c2ccccc2)n1)C(=O)O. The van der Waals surface area contributed by atoms with Crippen molar-refractivity contribution in [3.63, 3.8) is 0 Å². The van der Waals surface area contributed by atoms with Crippen LogP contribution in [0.3, 0.4) is 0 Å². The zero-order valence-corrected chi connectivity index (χ0v) is 11.7. The van der Waals surface area contributed by atoms with E-state index in [1.807, 2.05) is 42.6 Å². The van der Waals surface area contributed by atoms with Gasteiger partial charge >= 0.3 is 5.97 Å². The Morgan fingerprint density at radius 3 is 2.65 bits per heavy atom. The summed E-state index contributed by atoms with van der Waals surface area (Å²) in [5.41, 5.74) is 1.11. The summed E-state index contributed by atoms with van der Waals surface area (Å²) in [6, 6.07) is 11.8. The zero-order chi connectivity index (χ0) is 14.6. The first-order chi connectivity index (χ1) is 9.49. The van der Waals surface area contributed by atoms with Gasteiger partial charge in [0.25, 0.3) is 0 Å². The van der Waals surface area contributed by atoms with E-state index in [0.29, 0.717) is 13.1 Å². The summed E-state index contributed by atoms with van der Waals surface area (Å²) >= 11 is 0. The molecule has 5 heteroatoms. The van der Waals surface area contributed by atoms with E-state index in [-0.39, 0.29) is 0 Å². The first-order valence-electron chi connectivity index (χ1n) is 6.53. The number of nitrogens with zero attached hydrogens (tertiary/aromatic N) is 2. The lowest BCUT2D eigenvalue weighted by atomic mass is 9.94. The maximum atomic E-state index is 11.0. The molecule has 1 aromatic carbocycles. The molecule has 0 atom stereocenters. The van der Waals surface area contributed by atoms with Gasteiger partial charge in [-0.2, -0.15) is 5.10 Å². The van der Waals surface area contributed by atoms with Crippen molar-refractivity contribution in [1.29, 1.82) is 0 Å². The van der Waals surface area contributed by atoms with Crippen LogP contribution in [0.15, 0.2) is 42.6 Å². The number of carbonyl (C=O) groups is 1. The monoisotopic (exact) mass is 273 g/mol. The number of hydrogen-bond acceptors (Lipinski definition) is 3. The Morgan fingerprint density at radius 2 is 2.00 bits per heavy atom. The first kappa shape index (κ1) is 14.3. The van der Waals surface area contributed by atoms with Gasteiger partial charge in [0.05, 0.1) is 16.8 Å². The van der Waals surface area contributed by atoms with Crippen molar-refractivity contribution in [3.8, 4) is 5.69 Å². The molecule has 20 heavy (non-hydrogen) atoms. The van der Waals surface area contributed by atoms with Gasteiger partial charge < -0.3 is 10.4 Å². The van der Waals surface area contributed by atoms with E-state index in [4.69, 9.17) is 5.11 Å². The minimum atomic E-state index is -0.806. The number of rotatable bonds is 6. The van der Waals surface area contributed by atoms with Crippen molar-refractivity contribution in [2.45, 2.75) is 20.4 Å². The Kier molecular flexibility index (Phi) is 4.20. The lowest BCUT2D eigenvalue weighted by molar-refractivity contribution is -0.146. The van der Waals surface area contributed by atoms with Gasteiger partial charge in [-0.1, -0.05) is 18.2 Å². The van der Waals surface area contributed by atoms with E-state index in [2.05, 4.69) is 10.4 Å². The number of benzene rings is 1. The average molecular weight is 273 g/mol. The van der Waals surface area contributed by atoms with Gasteiger partial charge in [-0.3, -0.25) is 4.79 Å². The molecule has 0 amide bonds. The highest BCUT2D eigenvalue weighted by Crippen LogP contribution is 2.13. The summed E-state index contributed by atoms with van der Waals surface area (Å²) in [7, 11) is 0. The molecule has 0 spiro atoms. The smallest absolute Gasteiger partial charge is 0.310 e. The number of para-hydroxylation sites is 1. The van der Waals surface area contributed by atoms with Crippen LogP contribution in [0.25, 0.3) is 5.69 Å². The predicted molar refractivity (Wildman–Crippen MR) is 76.7 cm³/mol. The molecule has 0 unspecified atom stereocenters. The van der Waals surface area contributed by atoms with Crippen LogP contribution in [0.4, 0.5) is 0 Å². The van der Waals surface area contributed by atoms with Crippen LogP contribution in [0, 0.1) is 5.41 Å². The fourth-order valence-corrected chi connectivity index (χ4v) is 1.76. The highest BCUT2D eigenvalue weighted by Gasteiger charge is 2.26. The van der Waals surface area contributed by atoms with Gasteiger partial charge in [0.15, 0.2) is 0 Å². The van der Waals surface area contributed by atoms with E-state index >= 15 is 0 Å². The zero-order valence-electron chi connectivity index (χ0n) is 11.7. The molecular weight excluding hydrogens is 254 g/mol. The van der Waals surface area contributed by atoms with Crippen LogP contribution in [0.5, 0.6) is 0 Å². The topological polar surface area (TPSA) is 67.2 Å². The van der Waals surface area contributed by atoms with E-state index in [9.17, 15) is 4.79 Å². The summed E-state index contributed by atoms with van der Waals surface area (Å²) < 4.78 is 1.80. The van der Waals surface area contributed by atoms with Crippen molar-refractivity contribution < 1.29 is 9.90 Å². The second kappa shape index (κ2) is 5.88. The third-order valence-electron chi connectivity index (χ3n) is 3.12. The summed E-state index contributed by atoms with van der Waals surface area (Å²) in [6.45, 7) is 4.35. The van der Waals surface area contributed by atoms with Gasteiger partial charge in [-0.15, -0.1) is 0 Å². The molecule has 2 N–H and O–H groups in total. The second-order valence-corrected chi connectivity index (χ2v) is 5.38. The molecule has 0 aliphatic heterocycles. The van der Waals surface area contributed by atoms with Crippen molar-refractivity contribution in [1.82, 2.24) is 15.1 Å². The summed E-state index contributed by atoms with van der Waals surface area (Å²) in [5, 5.41) is 16.6. The minimum Gasteiger partial charge on any atom is -0.481 e. The fourth-order valence-electron chi connectivity index (χ4n) is 1.76. The Labute approximate surface area is 118 Å². The summed E-state index contributed by atoms with van der Waals surface area (Å²) in [4.78, 5) is 11.0. The normalized spacial score (nSPS) is 11.5. The van der Waals surface area contributed by atoms with Crippen LogP contribution in [0.2, 0.25) is 0 Å². The van der Waals surface area contributed by atoms with Gasteiger partial charge in [0.1, 0.15) is 0 Å². The molecular formula is C15H19N3O2. The minimum absolute atomic E-state index is 0.403. The van der Waals surface area contributed by atoms with E-state index < -0.39 is 11.4 Å². The van der Waals surface area contributed by atoms with E-state index in [0.717, 1.165) is 11.4 Å². The fraction of sp³-hybridized carbons (Fsp3) is 0.333. The summed E-state index contributed by atoms with van der Waals surface area (Å²) in [5.74, 6) is -0.806. The van der Waals surface area contributed by atoms with Crippen molar-refractivity contribution in [3.05, 3.63) is 48.3 Å². The number of nitrogens with one attached hydrogen (secondary N) is 1. The van der Waals surface area contributed by atoms with Crippen LogP contribution in [-0.2, 0) is 11.3 Å². The molecule has 106 valence electrons. The third-order valence-corrected chi connectivity index (χ3v) is 3.12. The van der Waals surface area contributed by atoms with Crippen molar-refractivity contribution >= 4 is 5.97 Å². The maximum Gasteiger partial charge on any atom is 0.310 e. The highest BCUT2D eigenvalue weighted by atomic mass is 16.4. The molecule has 1 heterocycles. The molecule has 0 aliphatic carbocycles. The number of carboxylic acids is 1. The molecule has 0 bridgehead atoms. The quantitative estimate of drug-likeness (QED) is 0.845. The van der Waals surface area contributed by atoms with Crippen LogP contribution in [-0.4, -0.2) is 27.4 Å². The molecule has 2 aromatic rings. The summed E-state index contributed by atoms with van der Waals surface area (Å²) in [6.07, 6.45) is 1.90. The maximum absolute atomic E-state index is 11.0. The van der Waals surface area contributed by atoms with Crippen LogP contribution >= 0.6 is 0 Å². The Hall–Kier alpha value is -2.14. The first-order valence-corrected chi connectivity index (χ1v) is 6.53. The van der Waals surface area contributed by atoms with Gasteiger partial charge in [-0.25, -0.2) is 4.68 Å². The highest BCUT2D eigenvalue weighted by molar-refractivity contribution is 5.73. The molecule has 0 saturated carbocycles. The Balaban J connectivity index is 1.93. The van der Waals surface area contributed by atoms with Gasteiger partial charge in [-0.05, 0) is 32.0 Å². The lowest BCUT2D eigenvalue weighted by Gasteiger charge is -2.19. The lowest BCUT2D eigenvalue weighted by Crippen LogP contribution is -2.35. The van der Waals surface area contributed by atoms with Crippen molar-refractivity contribution in [2.75, 3.05) is 6.54 Å². The molecule has 0 saturated heterocycles. The Morgan fingerprint density at radius 1 is 1.30 bits per heavy atom. The number of carboxylic acid groups (broad SMARTS) is 1. The average Bonchev–Trinajstić information content (AvgIpc) is 2.88. The van der Waals surface area contributed by atoms with E-state index in [1.165, 1.54) is 0 Å². The molecule has 5 nitrogen and oxygen atoms in total. The largest absolute Gasteiger partial charge is 0.481 e. The number of aliphatic carboxylic acids is 1. The molecule has 0 fully saturated rings. The van der Waals surface area contributed by atoms with Crippen LogP contribution < -0.4 is 5.32 Å². The third kappa shape index (κ3) is 3.45. The molecule has 1 aromatic heterocycles. The van der Waals surface area contributed by atoms with Gasteiger partial charge in [0.2, 0.25) is 0 Å². The van der Waals surface area contributed by atoms with E-state index in [1.54, 1.807) is 18.5 Å². The van der Waals surface area contributed by atoms with Crippen LogP contribution in [0.1, 0.15) is 19.5 Å². The van der Waals surface area contributed by atoms with Crippen molar-refractivity contribution in [2.24, 2.45) is 5.41 Å². The molecule has 0 radical (unpaired) electrons. The number of aromatic nitrogens is 2. The second-order valence-electron chi connectivity index (χ2n) is 5.38. The molecule has 2 rings (SSSR count). The Bertz CT molecular complexity index is 576. The predicted octanol–water partition coefficient (Wildman–Crippen LogP) is 2.07. The molecule has 0 aliphatic rings. The number of hydrogen-bond donors (Lipinski definition) is 2. The van der Waals surface area contributed by atoms with Gasteiger partial charge in [0, 0.05) is 19.3 Å².